The summed E-state index contributed by atoms with van der Waals surface area (Å²) < 4.78 is 16.0. The van der Waals surface area contributed by atoms with Crippen LogP contribution >= 0.6 is 0 Å². The molecule has 1 aliphatic rings. The van der Waals surface area contributed by atoms with E-state index in [-0.39, 0.29) is 26.0 Å². The van der Waals surface area contributed by atoms with E-state index >= 15 is 0 Å². The standard InChI is InChI=1S/C18H16N2O4/c21-18(20-14-6-2-1-3-7-14)19-10-4-5-11-22-15-8-9-16-17(12-15)24-13-23-16/h1-3,6-9,12H,10-11,13H2,(H2,19,20,21). The van der Waals surface area contributed by atoms with Crippen molar-refractivity contribution in [1.82, 2.24) is 5.32 Å². The third-order valence-corrected chi connectivity index (χ3v) is 3.15. The van der Waals surface area contributed by atoms with Gasteiger partial charge in [0.05, 0.1) is 6.54 Å². The van der Waals surface area contributed by atoms with Crippen LogP contribution in [-0.4, -0.2) is 26.0 Å². The van der Waals surface area contributed by atoms with E-state index < -0.39 is 0 Å². The minimum Gasteiger partial charge on any atom is -0.481 e. The van der Waals surface area contributed by atoms with Crippen molar-refractivity contribution in [1.29, 1.82) is 0 Å². The monoisotopic (exact) mass is 324 g/mol. The third kappa shape index (κ3) is 4.34. The highest BCUT2D eigenvalue weighted by Crippen LogP contribution is 2.34. The Morgan fingerprint density at radius 1 is 1.08 bits per heavy atom. The number of urea groups is 1. The fraction of sp³-hybridized carbons (Fsp3) is 0.167. The van der Waals surface area contributed by atoms with Crippen molar-refractivity contribution in [2.24, 2.45) is 0 Å². The zero-order chi connectivity index (χ0) is 16.6. The highest BCUT2D eigenvalue weighted by Gasteiger charge is 2.13. The van der Waals surface area contributed by atoms with Gasteiger partial charge in [-0.15, -0.1) is 0 Å². The van der Waals surface area contributed by atoms with Gasteiger partial charge in [0.2, 0.25) is 6.79 Å². The van der Waals surface area contributed by atoms with Gasteiger partial charge in [-0.2, -0.15) is 0 Å². The summed E-state index contributed by atoms with van der Waals surface area (Å²) in [6.45, 7) is 0.695. The van der Waals surface area contributed by atoms with Crippen LogP contribution in [0.25, 0.3) is 0 Å². The molecule has 2 N–H and O–H groups in total. The number of anilines is 1. The molecule has 1 aliphatic heterocycles. The van der Waals surface area contributed by atoms with Crippen LogP contribution in [0, 0.1) is 11.8 Å². The number of rotatable bonds is 4. The molecule has 0 saturated heterocycles. The second-order valence-corrected chi connectivity index (χ2v) is 4.83. The molecular weight excluding hydrogens is 308 g/mol. The smallest absolute Gasteiger partial charge is 0.319 e. The van der Waals surface area contributed by atoms with Gasteiger partial charge in [-0.3, -0.25) is 0 Å². The molecule has 0 unspecified atom stereocenters. The fourth-order valence-electron chi connectivity index (χ4n) is 2.02. The zero-order valence-electron chi connectivity index (χ0n) is 12.9. The van der Waals surface area contributed by atoms with Gasteiger partial charge in [0.1, 0.15) is 12.4 Å². The lowest BCUT2D eigenvalue weighted by Crippen LogP contribution is -2.28. The highest BCUT2D eigenvalue weighted by molar-refractivity contribution is 5.89. The fourth-order valence-corrected chi connectivity index (χ4v) is 2.02. The maximum absolute atomic E-state index is 11.6. The molecule has 24 heavy (non-hydrogen) atoms. The van der Waals surface area contributed by atoms with Crippen LogP contribution in [0.15, 0.2) is 48.5 Å². The van der Waals surface area contributed by atoms with Gasteiger partial charge in [-0.25, -0.2) is 4.79 Å². The molecule has 1 heterocycles. The first-order chi connectivity index (χ1) is 11.8. The van der Waals surface area contributed by atoms with Crippen LogP contribution < -0.4 is 24.8 Å². The van der Waals surface area contributed by atoms with Crippen LogP contribution in [0.1, 0.15) is 0 Å². The number of hydrogen-bond acceptors (Lipinski definition) is 4. The Morgan fingerprint density at radius 3 is 2.79 bits per heavy atom. The molecule has 0 aromatic heterocycles. The van der Waals surface area contributed by atoms with E-state index in [9.17, 15) is 4.79 Å². The Bertz CT molecular complexity index is 766. The molecule has 6 heteroatoms. The summed E-state index contributed by atoms with van der Waals surface area (Å²) >= 11 is 0. The van der Waals surface area contributed by atoms with Gasteiger partial charge in [0, 0.05) is 11.8 Å². The number of carbonyl (C=O) groups is 1. The van der Waals surface area contributed by atoms with Crippen LogP contribution in [0.5, 0.6) is 17.2 Å². The Morgan fingerprint density at radius 2 is 1.92 bits per heavy atom. The predicted molar refractivity (Wildman–Crippen MR) is 89.3 cm³/mol. The van der Waals surface area contributed by atoms with Crippen LogP contribution in [0.2, 0.25) is 0 Å². The molecule has 6 nitrogen and oxygen atoms in total. The first kappa shape index (κ1) is 15.6. The average molecular weight is 324 g/mol. The highest BCUT2D eigenvalue weighted by atomic mass is 16.7. The van der Waals surface area contributed by atoms with Gasteiger partial charge in [-0.05, 0) is 24.3 Å². The van der Waals surface area contributed by atoms with E-state index in [1.807, 2.05) is 30.3 Å². The van der Waals surface area contributed by atoms with Crippen molar-refractivity contribution in [3.8, 4) is 29.1 Å². The summed E-state index contributed by atoms with van der Waals surface area (Å²) in [5.74, 6) is 7.69. The van der Waals surface area contributed by atoms with Crippen molar-refractivity contribution in [2.75, 3.05) is 25.3 Å². The van der Waals surface area contributed by atoms with Crippen LogP contribution in [-0.2, 0) is 0 Å². The summed E-state index contributed by atoms with van der Waals surface area (Å²) in [4.78, 5) is 11.6. The minimum absolute atomic E-state index is 0.224. The maximum atomic E-state index is 11.6. The van der Waals surface area contributed by atoms with Gasteiger partial charge < -0.3 is 24.8 Å². The normalized spacial score (nSPS) is 11.2. The molecule has 3 rings (SSSR count). The predicted octanol–water partition coefficient (Wildman–Crippen LogP) is 2.62. The topological polar surface area (TPSA) is 68.8 Å². The Kier molecular flexibility index (Phi) is 5.05. The first-order valence-electron chi connectivity index (χ1n) is 7.39. The Hall–Kier alpha value is -3.33. The number of benzene rings is 2. The molecule has 2 amide bonds. The lowest BCUT2D eigenvalue weighted by molar-refractivity contribution is 0.174. The molecule has 2 aromatic rings. The first-order valence-corrected chi connectivity index (χ1v) is 7.39. The number of nitrogens with one attached hydrogen (secondary N) is 2. The van der Waals surface area contributed by atoms with Crippen molar-refractivity contribution < 1.29 is 19.0 Å². The van der Waals surface area contributed by atoms with Crippen LogP contribution in [0.3, 0.4) is 0 Å². The number of fused-ring (bicyclic) bond motifs is 1. The lowest BCUT2D eigenvalue weighted by atomic mass is 10.3. The SMILES string of the molecule is O=C(NCC#CCOc1ccc2c(c1)OCO2)Nc1ccccc1. The molecule has 0 radical (unpaired) electrons. The van der Waals surface area contributed by atoms with Crippen LogP contribution in [0.4, 0.5) is 10.5 Å². The largest absolute Gasteiger partial charge is 0.481 e. The molecular formula is C18H16N2O4. The number of carbonyl (C=O) groups excluding carboxylic acids is 1. The van der Waals surface area contributed by atoms with Gasteiger partial charge in [0.25, 0.3) is 0 Å². The molecule has 0 fully saturated rings. The summed E-state index contributed by atoms with van der Waals surface area (Å²) in [6.07, 6.45) is 0. The third-order valence-electron chi connectivity index (χ3n) is 3.15. The zero-order valence-corrected chi connectivity index (χ0v) is 12.9. The molecule has 0 saturated carbocycles. The van der Waals surface area contributed by atoms with Gasteiger partial charge in [0.15, 0.2) is 11.5 Å². The number of ether oxygens (including phenoxy) is 3. The molecule has 0 aliphatic carbocycles. The summed E-state index contributed by atoms with van der Waals surface area (Å²) in [6, 6.07) is 14.2. The molecule has 0 bridgehead atoms. The minimum atomic E-state index is -0.299. The average Bonchev–Trinajstić information content (AvgIpc) is 3.06. The van der Waals surface area contributed by atoms with Crippen molar-refractivity contribution in [3.05, 3.63) is 48.5 Å². The van der Waals surface area contributed by atoms with Crippen molar-refractivity contribution in [3.63, 3.8) is 0 Å². The van der Waals surface area contributed by atoms with E-state index in [1.165, 1.54) is 0 Å². The summed E-state index contributed by atoms with van der Waals surface area (Å²) in [5.41, 5.74) is 0.731. The lowest BCUT2D eigenvalue weighted by Gasteiger charge is -2.04. The van der Waals surface area contributed by atoms with Crippen molar-refractivity contribution in [2.45, 2.75) is 0 Å². The number of para-hydroxylation sites is 1. The van der Waals surface area contributed by atoms with E-state index in [4.69, 9.17) is 14.2 Å². The number of hydrogen-bond donors (Lipinski definition) is 2. The van der Waals surface area contributed by atoms with E-state index in [0.717, 1.165) is 5.69 Å². The maximum Gasteiger partial charge on any atom is 0.319 e. The molecule has 0 spiro atoms. The quantitative estimate of drug-likeness (QED) is 0.848. The van der Waals surface area contributed by atoms with Gasteiger partial charge >= 0.3 is 6.03 Å². The number of amides is 2. The Balaban J connectivity index is 1.36. The van der Waals surface area contributed by atoms with E-state index in [0.29, 0.717) is 17.2 Å². The Labute approximate surface area is 139 Å². The van der Waals surface area contributed by atoms with E-state index in [2.05, 4.69) is 22.5 Å². The summed E-state index contributed by atoms with van der Waals surface area (Å²) in [5, 5.41) is 5.36. The second kappa shape index (κ2) is 7.79. The molecule has 2 aromatic carbocycles. The van der Waals surface area contributed by atoms with E-state index in [1.54, 1.807) is 18.2 Å². The summed E-state index contributed by atoms with van der Waals surface area (Å²) in [7, 11) is 0. The second-order valence-electron chi connectivity index (χ2n) is 4.83. The molecule has 0 atom stereocenters. The van der Waals surface area contributed by atoms with Gasteiger partial charge in [-0.1, -0.05) is 30.0 Å². The van der Waals surface area contributed by atoms with Crippen molar-refractivity contribution >= 4 is 11.7 Å². The molecule has 122 valence electrons.